The zero-order valence-corrected chi connectivity index (χ0v) is 9.84. The van der Waals surface area contributed by atoms with Gasteiger partial charge >= 0.3 is 0 Å². The summed E-state index contributed by atoms with van der Waals surface area (Å²) in [5, 5.41) is 0. The highest BCUT2D eigenvalue weighted by Gasteiger charge is 2.16. The highest BCUT2D eigenvalue weighted by atomic mass is 16.3. The minimum Gasteiger partial charge on any atom is -0.464 e. The standard InChI is InChI=1S/C12H17N3O/c1-8-4-5-12(16-8)10(3)15-7-14-6-11(15)9(2)13/h4-7,9-10H,13H2,1-3H3/t9-,10?/m0/s1. The monoisotopic (exact) mass is 219 g/mol. The Bertz CT molecular complexity index is 470. The van der Waals surface area contributed by atoms with Crippen LogP contribution in [-0.2, 0) is 0 Å². The van der Waals surface area contributed by atoms with Gasteiger partial charge in [0.25, 0.3) is 0 Å². The molecular formula is C12H17N3O. The lowest BCUT2D eigenvalue weighted by Crippen LogP contribution is -2.15. The zero-order chi connectivity index (χ0) is 11.7. The van der Waals surface area contributed by atoms with Crippen molar-refractivity contribution in [2.75, 3.05) is 0 Å². The van der Waals surface area contributed by atoms with Gasteiger partial charge in [0.1, 0.15) is 11.5 Å². The van der Waals surface area contributed by atoms with Crippen LogP contribution in [0.1, 0.15) is 43.1 Å². The van der Waals surface area contributed by atoms with Gasteiger partial charge in [0.15, 0.2) is 0 Å². The molecule has 0 aliphatic rings. The van der Waals surface area contributed by atoms with Crippen molar-refractivity contribution in [1.29, 1.82) is 0 Å². The average molecular weight is 219 g/mol. The number of hydrogen-bond donors (Lipinski definition) is 1. The molecule has 4 nitrogen and oxygen atoms in total. The molecule has 2 atom stereocenters. The first-order chi connectivity index (χ1) is 7.59. The summed E-state index contributed by atoms with van der Waals surface area (Å²) >= 11 is 0. The molecule has 4 heteroatoms. The number of aryl methyl sites for hydroxylation is 1. The van der Waals surface area contributed by atoms with E-state index in [-0.39, 0.29) is 12.1 Å². The molecule has 16 heavy (non-hydrogen) atoms. The molecule has 0 aliphatic carbocycles. The second-order valence-corrected chi connectivity index (χ2v) is 4.14. The van der Waals surface area contributed by atoms with Crippen LogP contribution in [0.3, 0.4) is 0 Å². The van der Waals surface area contributed by atoms with E-state index < -0.39 is 0 Å². The maximum absolute atomic E-state index is 5.89. The van der Waals surface area contributed by atoms with Gasteiger partial charge in [-0.05, 0) is 32.9 Å². The lowest BCUT2D eigenvalue weighted by atomic mass is 10.2. The molecule has 0 saturated carbocycles. The second kappa shape index (κ2) is 4.14. The van der Waals surface area contributed by atoms with E-state index in [9.17, 15) is 0 Å². The highest BCUT2D eigenvalue weighted by molar-refractivity contribution is 5.14. The van der Waals surface area contributed by atoms with Gasteiger partial charge in [-0.1, -0.05) is 0 Å². The maximum atomic E-state index is 5.89. The van der Waals surface area contributed by atoms with E-state index in [2.05, 4.69) is 11.9 Å². The van der Waals surface area contributed by atoms with Gasteiger partial charge in [-0.3, -0.25) is 0 Å². The molecule has 0 aliphatic heterocycles. The number of aromatic nitrogens is 2. The number of rotatable bonds is 3. The molecule has 86 valence electrons. The fraction of sp³-hybridized carbons (Fsp3) is 0.417. The van der Waals surface area contributed by atoms with Crippen LogP contribution in [0.15, 0.2) is 29.1 Å². The number of nitrogens with two attached hydrogens (primary N) is 1. The van der Waals surface area contributed by atoms with Gasteiger partial charge in [-0.25, -0.2) is 4.98 Å². The second-order valence-electron chi connectivity index (χ2n) is 4.14. The average Bonchev–Trinajstić information content (AvgIpc) is 2.84. The molecule has 0 bridgehead atoms. The molecular weight excluding hydrogens is 202 g/mol. The first kappa shape index (κ1) is 11.0. The van der Waals surface area contributed by atoms with Crippen LogP contribution in [0.2, 0.25) is 0 Å². The van der Waals surface area contributed by atoms with Crippen LogP contribution < -0.4 is 5.73 Å². The SMILES string of the molecule is Cc1ccc(C(C)n2cncc2[C@H](C)N)o1. The van der Waals surface area contributed by atoms with E-state index in [4.69, 9.17) is 10.2 Å². The molecule has 0 aromatic carbocycles. The Hall–Kier alpha value is -1.55. The summed E-state index contributed by atoms with van der Waals surface area (Å²) in [6.07, 6.45) is 3.60. The van der Waals surface area contributed by atoms with E-state index in [1.807, 2.05) is 30.5 Å². The molecule has 2 aromatic rings. The largest absolute Gasteiger partial charge is 0.464 e. The van der Waals surface area contributed by atoms with Crippen molar-refractivity contribution in [2.45, 2.75) is 32.9 Å². The van der Waals surface area contributed by atoms with E-state index in [0.717, 1.165) is 17.2 Å². The third-order valence-electron chi connectivity index (χ3n) is 2.75. The van der Waals surface area contributed by atoms with Crippen LogP contribution in [0.4, 0.5) is 0 Å². The van der Waals surface area contributed by atoms with Crippen LogP contribution >= 0.6 is 0 Å². The van der Waals surface area contributed by atoms with E-state index in [1.54, 1.807) is 12.5 Å². The Balaban J connectivity index is 2.33. The Kier molecular flexibility index (Phi) is 2.83. The minimum atomic E-state index is -0.0268. The van der Waals surface area contributed by atoms with Gasteiger partial charge in [0, 0.05) is 12.2 Å². The molecule has 0 saturated heterocycles. The molecule has 2 aromatic heterocycles. The fourth-order valence-corrected chi connectivity index (χ4v) is 1.81. The Morgan fingerprint density at radius 3 is 2.69 bits per heavy atom. The van der Waals surface area contributed by atoms with Gasteiger partial charge in [0.2, 0.25) is 0 Å². The predicted molar refractivity (Wildman–Crippen MR) is 62.1 cm³/mol. The molecule has 2 heterocycles. The summed E-state index contributed by atoms with van der Waals surface area (Å²) in [4.78, 5) is 4.14. The van der Waals surface area contributed by atoms with Crippen molar-refractivity contribution in [2.24, 2.45) is 5.73 Å². The third-order valence-corrected chi connectivity index (χ3v) is 2.75. The summed E-state index contributed by atoms with van der Waals surface area (Å²) in [5.74, 6) is 1.85. The lowest BCUT2D eigenvalue weighted by molar-refractivity contribution is 0.421. The summed E-state index contributed by atoms with van der Waals surface area (Å²) in [5.41, 5.74) is 6.90. The number of hydrogen-bond acceptors (Lipinski definition) is 3. The smallest absolute Gasteiger partial charge is 0.126 e. The van der Waals surface area contributed by atoms with Crippen molar-refractivity contribution >= 4 is 0 Å². The number of nitrogens with zero attached hydrogens (tertiary/aromatic N) is 2. The van der Waals surface area contributed by atoms with Crippen molar-refractivity contribution in [3.8, 4) is 0 Å². The summed E-state index contributed by atoms with van der Waals surface area (Å²) in [7, 11) is 0. The molecule has 0 spiro atoms. The summed E-state index contributed by atoms with van der Waals surface area (Å²) in [6.45, 7) is 5.97. The minimum absolute atomic E-state index is 0.0268. The lowest BCUT2D eigenvalue weighted by Gasteiger charge is -2.16. The van der Waals surface area contributed by atoms with Gasteiger partial charge in [-0.15, -0.1) is 0 Å². The number of imidazole rings is 1. The van der Waals surface area contributed by atoms with Crippen molar-refractivity contribution < 1.29 is 4.42 Å². The van der Waals surface area contributed by atoms with Crippen LogP contribution in [0.25, 0.3) is 0 Å². The topological polar surface area (TPSA) is 57.0 Å². The molecule has 0 amide bonds. The predicted octanol–water partition coefficient (Wildman–Crippen LogP) is 2.41. The summed E-state index contributed by atoms with van der Waals surface area (Å²) < 4.78 is 7.66. The van der Waals surface area contributed by atoms with E-state index >= 15 is 0 Å². The highest BCUT2D eigenvalue weighted by Crippen LogP contribution is 2.23. The van der Waals surface area contributed by atoms with Crippen molar-refractivity contribution in [3.05, 3.63) is 41.9 Å². The van der Waals surface area contributed by atoms with Crippen LogP contribution in [-0.4, -0.2) is 9.55 Å². The Morgan fingerprint density at radius 2 is 2.12 bits per heavy atom. The van der Waals surface area contributed by atoms with Crippen molar-refractivity contribution in [3.63, 3.8) is 0 Å². The van der Waals surface area contributed by atoms with E-state index in [0.29, 0.717) is 0 Å². The Morgan fingerprint density at radius 1 is 1.38 bits per heavy atom. The third kappa shape index (κ3) is 1.88. The maximum Gasteiger partial charge on any atom is 0.126 e. The van der Waals surface area contributed by atoms with Gasteiger partial charge in [-0.2, -0.15) is 0 Å². The number of furan rings is 1. The summed E-state index contributed by atoms with van der Waals surface area (Å²) in [6, 6.07) is 4.05. The first-order valence-corrected chi connectivity index (χ1v) is 5.43. The van der Waals surface area contributed by atoms with Gasteiger partial charge in [0.05, 0.1) is 18.1 Å². The first-order valence-electron chi connectivity index (χ1n) is 5.43. The molecule has 1 unspecified atom stereocenters. The van der Waals surface area contributed by atoms with Gasteiger partial charge < -0.3 is 14.7 Å². The van der Waals surface area contributed by atoms with E-state index in [1.165, 1.54) is 0 Å². The van der Waals surface area contributed by atoms with Crippen LogP contribution in [0, 0.1) is 6.92 Å². The normalized spacial score (nSPS) is 15.0. The molecule has 2 rings (SSSR count). The molecule has 0 fully saturated rings. The van der Waals surface area contributed by atoms with Crippen LogP contribution in [0.5, 0.6) is 0 Å². The van der Waals surface area contributed by atoms with Crippen molar-refractivity contribution in [1.82, 2.24) is 9.55 Å². The molecule has 2 N–H and O–H groups in total. The zero-order valence-electron chi connectivity index (χ0n) is 9.84. The quantitative estimate of drug-likeness (QED) is 0.862. The Labute approximate surface area is 95.1 Å². The molecule has 0 radical (unpaired) electrons. The fourth-order valence-electron chi connectivity index (χ4n) is 1.81.